The Balaban J connectivity index is 1.50. The number of nitrogens with zero attached hydrogens (tertiary/aromatic N) is 1. The number of hydrogen-bond donors (Lipinski definition) is 2. The van der Waals surface area contributed by atoms with Crippen LogP contribution >= 0.6 is 0 Å². The van der Waals surface area contributed by atoms with Crippen LogP contribution in [0.3, 0.4) is 0 Å². The number of amides is 3. The van der Waals surface area contributed by atoms with Crippen molar-refractivity contribution in [2.75, 3.05) is 13.1 Å². The predicted molar refractivity (Wildman–Crippen MR) is 93.3 cm³/mol. The third-order valence-corrected chi connectivity index (χ3v) is 5.34. The highest BCUT2D eigenvalue weighted by molar-refractivity contribution is 5.74. The maximum Gasteiger partial charge on any atom is 0.317 e. The zero-order valence-electron chi connectivity index (χ0n) is 14.4. The first-order valence-electron chi connectivity index (χ1n) is 8.91. The van der Waals surface area contributed by atoms with Crippen LogP contribution in [0.25, 0.3) is 0 Å². The standard InChI is InChI=1S/C19H27N3O2/c1-15(23)20-12-16-5-2-6-17(11-16)13-21-18(24)22-10-4-9-19(14-22)7-3-8-19/h2,5-6,11H,3-4,7-10,12-14H2,1H3,(H,20,23)(H,21,24). The molecule has 1 heterocycles. The van der Waals surface area contributed by atoms with E-state index in [1.165, 1.54) is 32.6 Å². The van der Waals surface area contributed by atoms with Crippen LogP contribution in [0.2, 0.25) is 0 Å². The van der Waals surface area contributed by atoms with Crippen LogP contribution < -0.4 is 10.6 Å². The molecule has 0 aromatic heterocycles. The highest BCUT2D eigenvalue weighted by atomic mass is 16.2. The third-order valence-electron chi connectivity index (χ3n) is 5.34. The van der Waals surface area contributed by atoms with E-state index in [0.717, 1.165) is 30.6 Å². The lowest BCUT2D eigenvalue weighted by molar-refractivity contribution is -0.119. The van der Waals surface area contributed by atoms with Crippen LogP contribution in [0.1, 0.15) is 50.2 Å². The van der Waals surface area contributed by atoms with Crippen molar-refractivity contribution in [1.29, 1.82) is 0 Å². The molecule has 3 rings (SSSR count). The summed E-state index contributed by atoms with van der Waals surface area (Å²) in [6.07, 6.45) is 6.28. The normalized spacial score (nSPS) is 18.8. The fraction of sp³-hybridized carbons (Fsp3) is 0.579. The van der Waals surface area contributed by atoms with Crippen molar-refractivity contribution in [2.45, 2.75) is 52.1 Å². The summed E-state index contributed by atoms with van der Waals surface area (Å²) in [6, 6.07) is 8.02. The quantitative estimate of drug-likeness (QED) is 0.892. The average Bonchev–Trinajstić information content (AvgIpc) is 2.57. The molecule has 130 valence electrons. The van der Waals surface area contributed by atoms with Gasteiger partial charge in [0.1, 0.15) is 0 Å². The Hall–Kier alpha value is -2.04. The SMILES string of the molecule is CC(=O)NCc1cccc(CNC(=O)N2CCCC3(CCC3)C2)c1. The van der Waals surface area contributed by atoms with E-state index >= 15 is 0 Å². The maximum atomic E-state index is 12.5. The summed E-state index contributed by atoms with van der Waals surface area (Å²) in [5.41, 5.74) is 2.53. The fourth-order valence-electron chi connectivity index (χ4n) is 3.83. The topological polar surface area (TPSA) is 61.4 Å². The first-order valence-corrected chi connectivity index (χ1v) is 8.91. The van der Waals surface area contributed by atoms with E-state index in [2.05, 4.69) is 10.6 Å². The molecule has 5 heteroatoms. The minimum Gasteiger partial charge on any atom is -0.352 e. The average molecular weight is 329 g/mol. The number of carbonyl (C=O) groups excluding carboxylic acids is 2. The van der Waals surface area contributed by atoms with Crippen molar-refractivity contribution in [3.63, 3.8) is 0 Å². The lowest BCUT2D eigenvalue weighted by atomic mass is 9.64. The second kappa shape index (κ2) is 7.24. The van der Waals surface area contributed by atoms with E-state index in [0.29, 0.717) is 18.5 Å². The van der Waals surface area contributed by atoms with Crippen LogP contribution in [0.4, 0.5) is 4.79 Å². The van der Waals surface area contributed by atoms with Gasteiger partial charge in [-0.1, -0.05) is 30.7 Å². The highest BCUT2D eigenvalue weighted by Crippen LogP contribution is 2.47. The first-order chi connectivity index (χ1) is 11.6. The number of nitrogens with one attached hydrogen (secondary N) is 2. The molecular formula is C19H27N3O2. The van der Waals surface area contributed by atoms with Gasteiger partial charge in [-0.2, -0.15) is 0 Å². The summed E-state index contributed by atoms with van der Waals surface area (Å²) in [4.78, 5) is 25.4. The van der Waals surface area contributed by atoms with Crippen LogP contribution in [0.15, 0.2) is 24.3 Å². The van der Waals surface area contributed by atoms with E-state index in [4.69, 9.17) is 0 Å². The van der Waals surface area contributed by atoms with Gasteiger partial charge >= 0.3 is 6.03 Å². The summed E-state index contributed by atoms with van der Waals surface area (Å²) in [5, 5.41) is 5.84. The molecule has 2 fully saturated rings. The largest absolute Gasteiger partial charge is 0.352 e. The van der Waals surface area contributed by atoms with Gasteiger partial charge in [-0.25, -0.2) is 4.79 Å². The molecule has 2 aliphatic rings. The first kappa shape index (κ1) is 16.8. The molecule has 0 unspecified atom stereocenters. The van der Waals surface area contributed by atoms with E-state index in [-0.39, 0.29) is 11.9 Å². The molecule has 3 amide bonds. The van der Waals surface area contributed by atoms with Crippen LogP contribution in [-0.2, 0) is 17.9 Å². The summed E-state index contributed by atoms with van der Waals surface area (Å²) >= 11 is 0. The van der Waals surface area contributed by atoms with Gasteiger partial charge in [-0.15, -0.1) is 0 Å². The third kappa shape index (κ3) is 4.08. The van der Waals surface area contributed by atoms with E-state index in [1.54, 1.807) is 0 Å². The van der Waals surface area contributed by atoms with Gasteiger partial charge in [0.05, 0.1) is 0 Å². The molecule has 24 heavy (non-hydrogen) atoms. The van der Waals surface area contributed by atoms with E-state index in [1.807, 2.05) is 29.2 Å². The van der Waals surface area contributed by atoms with Gasteiger partial charge in [-0.05, 0) is 42.2 Å². The maximum absolute atomic E-state index is 12.5. The monoisotopic (exact) mass is 329 g/mol. The lowest BCUT2D eigenvalue weighted by Gasteiger charge is -2.48. The smallest absolute Gasteiger partial charge is 0.317 e. The Labute approximate surface area is 143 Å². The van der Waals surface area contributed by atoms with Crippen LogP contribution in [-0.4, -0.2) is 29.9 Å². The molecule has 1 spiro atoms. The molecule has 1 aliphatic heterocycles. The Morgan fingerprint density at radius 2 is 1.75 bits per heavy atom. The molecule has 2 N–H and O–H groups in total. The zero-order valence-corrected chi connectivity index (χ0v) is 14.4. The Morgan fingerprint density at radius 3 is 2.38 bits per heavy atom. The second-order valence-electron chi connectivity index (χ2n) is 7.27. The minimum atomic E-state index is -0.0382. The summed E-state index contributed by atoms with van der Waals surface area (Å²) in [6.45, 7) is 4.34. The van der Waals surface area contributed by atoms with Crippen molar-refractivity contribution >= 4 is 11.9 Å². The number of carbonyl (C=O) groups is 2. The Kier molecular flexibility index (Phi) is 5.07. The fourth-order valence-corrected chi connectivity index (χ4v) is 3.83. The van der Waals surface area contributed by atoms with Crippen molar-refractivity contribution in [1.82, 2.24) is 15.5 Å². The number of urea groups is 1. The second-order valence-corrected chi connectivity index (χ2v) is 7.27. The summed E-state index contributed by atoms with van der Waals surface area (Å²) in [7, 11) is 0. The van der Waals surface area contributed by atoms with Gasteiger partial charge in [0, 0.05) is 33.1 Å². The molecule has 1 saturated heterocycles. The zero-order chi connectivity index (χ0) is 17.0. The molecule has 1 aliphatic carbocycles. The summed E-state index contributed by atoms with van der Waals surface area (Å²) < 4.78 is 0. The Morgan fingerprint density at radius 1 is 1.08 bits per heavy atom. The van der Waals surface area contributed by atoms with E-state index in [9.17, 15) is 9.59 Å². The van der Waals surface area contributed by atoms with Crippen LogP contribution in [0.5, 0.6) is 0 Å². The van der Waals surface area contributed by atoms with Gasteiger partial charge in [0.25, 0.3) is 0 Å². The lowest BCUT2D eigenvalue weighted by Crippen LogP contribution is -2.51. The number of rotatable bonds is 4. The van der Waals surface area contributed by atoms with Crippen molar-refractivity contribution < 1.29 is 9.59 Å². The molecule has 0 radical (unpaired) electrons. The van der Waals surface area contributed by atoms with Gasteiger partial charge < -0.3 is 15.5 Å². The van der Waals surface area contributed by atoms with Crippen molar-refractivity contribution in [3.05, 3.63) is 35.4 Å². The van der Waals surface area contributed by atoms with Gasteiger partial charge in [0.2, 0.25) is 5.91 Å². The molecule has 1 aromatic carbocycles. The number of benzene rings is 1. The molecule has 0 atom stereocenters. The van der Waals surface area contributed by atoms with Crippen LogP contribution in [0, 0.1) is 5.41 Å². The van der Waals surface area contributed by atoms with E-state index < -0.39 is 0 Å². The number of likely N-dealkylation sites (tertiary alicyclic amines) is 1. The Bertz CT molecular complexity index is 610. The van der Waals surface area contributed by atoms with Crippen molar-refractivity contribution in [3.8, 4) is 0 Å². The molecular weight excluding hydrogens is 302 g/mol. The highest BCUT2D eigenvalue weighted by Gasteiger charge is 2.41. The van der Waals surface area contributed by atoms with Crippen molar-refractivity contribution in [2.24, 2.45) is 5.41 Å². The summed E-state index contributed by atoms with van der Waals surface area (Å²) in [5.74, 6) is -0.0382. The molecule has 5 nitrogen and oxygen atoms in total. The number of hydrogen-bond acceptors (Lipinski definition) is 2. The minimum absolute atomic E-state index is 0.0382. The van der Waals surface area contributed by atoms with Gasteiger partial charge in [-0.3, -0.25) is 4.79 Å². The molecule has 1 saturated carbocycles. The molecule has 1 aromatic rings. The predicted octanol–water partition coefficient (Wildman–Crippen LogP) is 2.80. The molecule has 0 bridgehead atoms. The number of piperidine rings is 1. The van der Waals surface area contributed by atoms with Gasteiger partial charge in [0.15, 0.2) is 0 Å².